The molecule has 4 rings (SSSR count). The molecule has 1 aliphatic carbocycles. The van der Waals surface area contributed by atoms with E-state index in [9.17, 15) is 9.90 Å². The number of ether oxygens (including phenoxy) is 6. The van der Waals surface area contributed by atoms with Crippen LogP contribution in [0.15, 0.2) is 42.5 Å². The molecule has 2 aliphatic heterocycles. The first-order valence-corrected chi connectivity index (χ1v) is 15.5. The van der Waals surface area contributed by atoms with Crippen molar-refractivity contribution in [1.82, 2.24) is 0 Å². The van der Waals surface area contributed by atoms with E-state index in [4.69, 9.17) is 33.5 Å². The maximum atomic E-state index is 11.1. The maximum absolute atomic E-state index is 11.1. The predicted octanol–water partition coefficient (Wildman–Crippen LogP) is 5.25. The van der Waals surface area contributed by atoms with E-state index in [1.165, 1.54) is 0 Å². The second-order valence-corrected chi connectivity index (χ2v) is 11.3. The number of rotatable bonds is 17. The Hall–Kier alpha value is -2.01. The number of hydrogen-bond donors (Lipinski definition) is 2. The Morgan fingerprint density at radius 1 is 0.976 bits per heavy atom. The molecule has 9 nitrogen and oxygen atoms in total. The molecule has 1 aromatic carbocycles. The summed E-state index contributed by atoms with van der Waals surface area (Å²) in [5.74, 6) is -0.132. The molecule has 2 saturated heterocycles. The van der Waals surface area contributed by atoms with Crippen molar-refractivity contribution in [3.05, 3.63) is 42.5 Å². The van der Waals surface area contributed by atoms with E-state index >= 15 is 0 Å². The van der Waals surface area contributed by atoms with Gasteiger partial charge in [-0.05, 0) is 76.3 Å². The quantitative estimate of drug-likeness (QED) is 0.190. The van der Waals surface area contributed by atoms with Crippen molar-refractivity contribution in [2.45, 2.75) is 114 Å². The van der Waals surface area contributed by atoms with Crippen LogP contribution in [0.4, 0.5) is 0 Å². The molecular weight excluding hydrogens is 528 g/mol. The van der Waals surface area contributed by atoms with Crippen molar-refractivity contribution in [1.29, 1.82) is 0 Å². The highest BCUT2D eigenvalue weighted by atomic mass is 16.7. The van der Waals surface area contributed by atoms with Crippen LogP contribution < -0.4 is 4.74 Å². The van der Waals surface area contributed by atoms with Crippen LogP contribution in [0.1, 0.15) is 77.0 Å². The Labute approximate surface area is 244 Å². The first-order chi connectivity index (χ1) is 20.1. The van der Waals surface area contributed by atoms with Gasteiger partial charge in [-0.2, -0.15) is 0 Å². The lowest BCUT2D eigenvalue weighted by Crippen LogP contribution is -2.40. The number of unbranched alkanes of at least 4 members (excludes halogenated alkanes) is 2. The molecule has 2 N–H and O–H groups in total. The normalized spacial score (nSPS) is 29.5. The largest absolute Gasteiger partial charge is 0.491 e. The van der Waals surface area contributed by atoms with Gasteiger partial charge in [-0.1, -0.05) is 30.4 Å². The van der Waals surface area contributed by atoms with E-state index in [2.05, 4.69) is 12.2 Å². The molecule has 0 aromatic heterocycles. The van der Waals surface area contributed by atoms with Gasteiger partial charge in [0.2, 0.25) is 0 Å². The zero-order valence-electron chi connectivity index (χ0n) is 24.1. The molecule has 41 heavy (non-hydrogen) atoms. The molecule has 2 heterocycles. The van der Waals surface area contributed by atoms with Gasteiger partial charge in [0.25, 0.3) is 0 Å². The lowest BCUT2D eigenvalue weighted by atomic mass is 9.98. The zero-order chi connectivity index (χ0) is 28.7. The number of benzene rings is 1. The molecule has 0 spiro atoms. The van der Waals surface area contributed by atoms with Gasteiger partial charge >= 0.3 is 5.97 Å². The van der Waals surface area contributed by atoms with E-state index in [1.807, 2.05) is 30.3 Å². The number of aliphatic hydroxyl groups is 1. The SMILES string of the molecule is O=C(O)CCCCC=CCC1C(O)CC(OC2CCCCO2)C1OCC(COc1ccccc1)OC1CCCCO1. The van der Waals surface area contributed by atoms with Crippen LogP contribution in [-0.2, 0) is 28.5 Å². The number of para-hydroxylation sites is 1. The second kappa shape index (κ2) is 17.8. The summed E-state index contributed by atoms with van der Waals surface area (Å²) in [6.07, 6.45) is 11.6. The van der Waals surface area contributed by atoms with Crippen LogP contribution in [0, 0.1) is 5.92 Å². The van der Waals surface area contributed by atoms with Gasteiger partial charge in [0.15, 0.2) is 12.6 Å². The fraction of sp³-hybridized carbons (Fsp3) is 0.719. The standard InChI is InChI=1S/C32H48O9/c33-27-21-28(41-31-18-10-12-20-37-31)32(26(27)15-7-2-1-3-8-16-29(34)35)39-23-25(40-30-17-9-11-19-36-30)22-38-24-13-5-4-6-14-24/h2,4-7,13-14,25-28,30-33H,1,3,8-12,15-23H2,(H,34,35). The molecule has 3 fully saturated rings. The minimum Gasteiger partial charge on any atom is -0.491 e. The van der Waals surface area contributed by atoms with Gasteiger partial charge in [-0.15, -0.1) is 0 Å². The second-order valence-electron chi connectivity index (χ2n) is 11.3. The van der Waals surface area contributed by atoms with Crippen molar-refractivity contribution in [2.75, 3.05) is 26.4 Å². The minimum absolute atomic E-state index is 0.138. The fourth-order valence-electron chi connectivity index (χ4n) is 5.70. The predicted molar refractivity (Wildman–Crippen MR) is 153 cm³/mol. The Morgan fingerprint density at radius 3 is 2.44 bits per heavy atom. The molecule has 1 saturated carbocycles. The van der Waals surface area contributed by atoms with Gasteiger partial charge in [0.05, 0.1) is 24.9 Å². The van der Waals surface area contributed by atoms with Crippen molar-refractivity contribution in [3.8, 4) is 5.75 Å². The van der Waals surface area contributed by atoms with Gasteiger partial charge < -0.3 is 38.6 Å². The summed E-state index contributed by atoms with van der Waals surface area (Å²) in [6.45, 7) is 1.98. The van der Waals surface area contributed by atoms with Crippen LogP contribution >= 0.6 is 0 Å². The third-order valence-electron chi connectivity index (χ3n) is 7.94. The van der Waals surface area contributed by atoms with Crippen LogP contribution in [-0.4, -0.2) is 79.6 Å². The number of carboxylic acid groups (broad SMARTS) is 1. The highest BCUT2D eigenvalue weighted by molar-refractivity contribution is 5.66. The summed E-state index contributed by atoms with van der Waals surface area (Å²) in [4.78, 5) is 10.7. The van der Waals surface area contributed by atoms with Crippen LogP contribution in [0.3, 0.4) is 0 Å². The molecule has 7 unspecified atom stereocenters. The molecule has 230 valence electrons. The third kappa shape index (κ3) is 11.3. The first kappa shape index (κ1) is 31.9. The summed E-state index contributed by atoms with van der Waals surface area (Å²) in [7, 11) is 0. The van der Waals surface area contributed by atoms with E-state index in [0.717, 1.165) is 57.1 Å². The first-order valence-electron chi connectivity index (χ1n) is 15.5. The summed E-state index contributed by atoms with van der Waals surface area (Å²) < 4.78 is 37.0. The average molecular weight is 577 g/mol. The van der Waals surface area contributed by atoms with E-state index < -0.39 is 12.1 Å². The molecule has 9 heteroatoms. The number of allylic oxidation sites excluding steroid dienone is 2. The lowest BCUT2D eigenvalue weighted by molar-refractivity contribution is -0.226. The third-order valence-corrected chi connectivity index (χ3v) is 7.94. The maximum Gasteiger partial charge on any atom is 0.303 e. The number of aliphatic hydroxyl groups excluding tert-OH is 1. The molecular formula is C32H48O9. The van der Waals surface area contributed by atoms with Gasteiger partial charge in [0, 0.05) is 32.0 Å². The van der Waals surface area contributed by atoms with Crippen LogP contribution in [0.5, 0.6) is 5.75 Å². The highest BCUT2D eigenvalue weighted by Crippen LogP contribution is 2.36. The molecule has 0 radical (unpaired) electrons. The fourth-order valence-corrected chi connectivity index (χ4v) is 5.70. The Balaban J connectivity index is 1.37. The van der Waals surface area contributed by atoms with E-state index in [1.54, 1.807) is 0 Å². The molecule has 3 aliphatic rings. The number of hydrogen-bond acceptors (Lipinski definition) is 8. The molecule has 0 amide bonds. The number of carboxylic acids is 1. The van der Waals surface area contributed by atoms with Gasteiger partial charge in [0.1, 0.15) is 18.5 Å². The summed E-state index contributed by atoms with van der Waals surface area (Å²) in [6, 6.07) is 9.66. The average Bonchev–Trinajstić information content (AvgIpc) is 3.28. The molecule has 0 bridgehead atoms. The van der Waals surface area contributed by atoms with E-state index in [-0.39, 0.29) is 49.8 Å². The van der Waals surface area contributed by atoms with Crippen molar-refractivity contribution < 1.29 is 43.4 Å². The summed E-state index contributed by atoms with van der Waals surface area (Å²) >= 11 is 0. The number of aliphatic carboxylic acids is 1. The zero-order valence-corrected chi connectivity index (χ0v) is 24.1. The van der Waals surface area contributed by atoms with Gasteiger partial charge in [-0.25, -0.2) is 0 Å². The Bertz CT molecular complexity index is 882. The monoisotopic (exact) mass is 576 g/mol. The van der Waals surface area contributed by atoms with Crippen molar-refractivity contribution >= 4 is 5.97 Å². The highest BCUT2D eigenvalue weighted by Gasteiger charge is 2.45. The van der Waals surface area contributed by atoms with E-state index in [0.29, 0.717) is 39.1 Å². The molecule has 1 aromatic rings. The van der Waals surface area contributed by atoms with Crippen molar-refractivity contribution in [3.63, 3.8) is 0 Å². The topological polar surface area (TPSA) is 113 Å². The lowest BCUT2D eigenvalue weighted by Gasteiger charge is -2.32. The Morgan fingerprint density at radius 2 is 1.73 bits per heavy atom. The van der Waals surface area contributed by atoms with Crippen LogP contribution in [0.25, 0.3) is 0 Å². The Kier molecular flexibility index (Phi) is 13.9. The summed E-state index contributed by atoms with van der Waals surface area (Å²) in [5.41, 5.74) is 0. The van der Waals surface area contributed by atoms with Crippen molar-refractivity contribution in [2.24, 2.45) is 5.92 Å². The van der Waals surface area contributed by atoms with Crippen LogP contribution in [0.2, 0.25) is 0 Å². The smallest absolute Gasteiger partial charge is 0.303 e. The number of carbonyl (C=O) groups is 1. The van der Waals surface area contributed by atoms with Gasteiger partial charge in [-0.3, -0.25) is 4.79 Å². The molecule has 7 atom stereocenters. The minimum atomic E-state index is -0.762. The summed E-state index contributed by atoms with van der Waals surface area (Å²) in [5, 5.41) is 19.9.